The fourth-order valence-corrected chi connectivity index (χ4v) is 2.00. The largest absolute Gasteiger partial charge is 0.385 e. The number of rotatable bonds is 10. The van der Waals surface area contributed by atoms with Gasteiger partial charge in [-0.15, -0.1) is 0 Å². The summed E-state index contributed by atoms with van der Waals surface area (Å²) in [4.78, 5) is 11.5. The van der Waals surface area contributed by atoms with Crippen LogP contribution in [0.15, 0.2) is 24.3 Å². The molecule has 4 nitrogen and oxygen atoms in total. The van der Waals surface area contributed by atoms with Gasteiger partial charge < -0.3 is 15.4 Å². The van der Waals surface area contributed by atoms with Gasteiger partial charge in [0.2, 0.25) is 5.91 Å². The second kappa shape index (κ2) is 10.7. The van der Waals surface area contributed by atoms with Crippen molar-refractivity contribution in [2.45, 2.75) is 19.3 Å². The predicted octanol–water partition coefficient (Wildman–Crippen LogP) is 2.01. The number of nitrogens with one attached hydrogen (secondary N) is 2. The Morgan fingerprint density at radius 1 is 1.30 bits per heavy atom. The summed E-state index contributed by atoms with van der Waals surface area (Å²) >= 11 is 5.92. The minimum absolute atomic E-state index is 0.0800. The molecule has 0 saturated carbocycles. The molecule has 1 rings (SSSR count). The van der Waals surface area contributed by atoms with Crippen LogP contribution in [0.5, 0.6) is 0 Å². The smallest absolute Gasteiger partial charge is 0.221 e. The summed E-state index contributed by atoms with van der Waals surface area (Å²) in [7, 11) is 1.66. The molecular formula is C15H23ClN2O2. The van der Waals surface area contributed by atoms with Crippen LogP contribution < -0.4 is 10.6 Å². The first-order valence-electron chi connectivity index (χ1n) is 6.93. The zero-order chi connectivity index (χ0) is 14.6. The van der Waals surface area contributed by atoms with Gasteiger partial charge in [0.05, 0.1) is 0 Å². The molecule has 1 amide bonds. The third-order valence-corrected chi connectivity index (χ3v) is 3.09. The molecule has 1 aromatic carbocycles. The maximum atomic E-state index is 11.5. The van der Waals surface area contributed by atoms with Gasteiger partial charge in [0.15, 0.2) is 0 Å². The molecule has 0 radical (unpaired) electrons. The fourth-order valence-electron chi connectivity index (χ4n) is 1.78. The molecule has 0 heterocycles. The highest BCUT2D eigenvalue weighted by Crippen LogP contribution is 2.10. The van der Waals surface area contributed by atoms with E-state index in [1.54, 1.807) is 7.11 Å². The van der Waals surface area contributed by atoms with Crippen LogP contribution in [-0.4, -0.2) is 39.3 Å². The molecule has 1 aromatic rings. The molecule has 0 bridgehead atoms. The molecule has 0 aliphatic rings. The van der Waals surface area contributed by atoms with Gasteiger partial charge in [0.1, 0.15) is 0 Å². The van der Waals surface area contributed by atoms with Crippen LogP contribution in [0.3, 0.4) is 0 Å². The van der Waals surface area contributed by atoms with E-state index in [1.807, 2.05) is 18.2 Å². The third-order valence-electron chi connectivity index (χ3n) is 2.86. The summed E-state index contributed by atoms with van der Waals surface area (Å²) in [6.07, 6.45) is 2.27. The molecule has 2 N–H and O–H groups in total. The third kappa shape index (κ3) is 8.15. The van der Waals surface area contributed by atoms with E-state index in [4.69, 9.17) is 16.3 Å². The van der Waals surface area contributed by atoms with Crippen molar-refractivity contribution in [2.24, 2.45) is 0 Å². The second-order valence-corrected chi connectivity index (χ2v) is 5.01. The first-order chi connectivity index (χ1) is 9.72. The second-order valence-electron chi connectivity index (χ2n) is 4.58. The summed E-state index contributed by atoms with van der Waals surface area (Å²) < 4.78 is 4.91. The van der Waals surface area contributed by atoms with Gasteiger partial charge >= 0.3 is 0 Å². The minimum Gasteiger partial charge on any atom is -0.385 e. The van der Waals surface area contributed by atoms with Crippen molar-refractivity contribution in [3.05, 3.63) is 34.9 Å². The highest BCUT2D eigenvalue weighted by molar-refractivity contribution is 6.30. The van der Waals surface area contributed by atoms with Gasteiger partial charge in [-0.2, -0.15) is 0 Å². The number of hydrogen-bond donors (Lipinski definition) is 2. The van der Waals surface area contributed by atoms with Crippen molar-refractivity contribution in [3.63, 3.8) is 0 Å². The summed E-state index contributed by atoms with van der Waals surface area (Å²) in [6.45, 7) is 2.89. The lowest BCUT2D eigenvalue weighted by Crippen LogP contribution is -2.29. The van der Waals surface area contributed by atoms with Crippen LogP contribution in [-0.2, 0) is 16.0 Å². The SMILES string of the molecule is COCCCNC(=O)CCNCCc1cccc(Cl)c1. The predicted molar refractivity (Wildman–Crippen MR) is 82.1 cm³/mol. The van der Waals surface area contributed by atoms with Crippen molar-refractivity contribution in [1.82, 2.24) is 10.6 Å². The first kappa shape index (κ1) is 17.0. The summed E-state index contributed by atoms with van der Waals surface area (Å²) in [5.41, 5.74) is 1.20. The average molecular weight is 299 g/mol. The highest BCUT2D eigenvalue weighted by Gasteiger charge is 2.00. The van der Waals surface area contributed by atoms with Gasteiger partial charge in [-0.3, -0.25) is 4.79 Å². The quantitative estimate of drug-likeness (QED) is 0.650. The number of carbonyl (C=O) groups is 1. The van der Waals surface area contributed by atoms with E-state index < -0.39 is 0 Å². The molecule has 0 aliphatic carbocycles. The molecule has 0 fully saturated rings. The fraction of sp³-hybridized carbons (Fsp3) is 0.533. The van der Waals surface area contributed by atoms with Gasteiger partial charge in [-0.1, -0.05) is 23.7 Å². The number of halogens is 1. The molecule has 0 atom stereocenters. The summed E-state index contributed by atoms with van der Waals surface area (Å²) in [6, 6.07) is 7.83. The van der Waals surface area contributed by atoms with Crippen molar-refractivity contribution >= 4 is 17.5 Å². The van der Waals surface area contributed by atoms with E-state index in [2.05, 4.69) is 16.7 Å². The minimum atomic E-state index is 0.0800. The zero-order valence-corrected chi connectivity index (χ0v) is 12.7. The number of ether oxygens (including phenoxy) is 1. The Labute approximate surface area is 125 Å². The summed E-state index contributed by atoms with van der Waals surface area (Å²) in [5, 5.41) is 6.88. The van der Waals surface area contributed by atoms with Gasteiger partial charge in [-0.05, 0) is 37.1 Å². The summed E-state index contributed by atoms with van der Waals surface area (Å²) in [5.74, 6) is 0.0800. The van der Waals surface area contributed by atoms with Crippen LogP contribution in [0.25, 0.3) is 0 Å². The lowest BCUT2D eigenvalue weighted by atomic mass is 10.1. The molecule has 112 valence electrons. The van der Waals surface area contributed by atoms with E-state index in [9.17, 15) is 4.79 Å². The normalized spacial score (nSPS) is 10.5. The molecular weight excluding hydrogens is 276 g/mol. The van der Waals surface area contributed by atoms with Crippen LogP contribution in [0.4, 0.5) is 0 Å². The maximum Gasteiger partial charge on any atom is 0.221 e. The number of methoxy groups -OCH3 is 1. The number of amides is 1. The molecule has 0 spiro atoms. The first-order valence-corrected chi connectivity index (χ1v) is 7.31. The van der Waals surface area contributed by atoms with Crippen molar-refractivity contribution in [1.29, 1.82) is 0 Å². The van der Waals surface area contributed by atoms with Crippen molar-refractivity contribution in [2.75, 3.05) is 33.4 Å². The molecule has 5 heteroatoms. The van der Waals surface area contributed by atoms with E-state index in [0.717, 1.165) is 24.4 Å². The lowest BCUT2D eigenvalue weighted by Gasteiger charge is -2.06. The number of carbonyl (C=O) groups excluding carboxylic acids is 1. The Morgan fingerprint density at radius 3 is 2.90 bits per heavy atom. The molecule has 20 heavy (non-hydrogen) atoms. The van der Waals surface area contributed by atoms with Crippen molar-refractivity contribution < 1.29 is 9.53 Å². The van der Waals surface area contributed by atoms with Crippen LogP contribution in [0.1, 0.15) is 18.4 Å². The molecule has 0 aliphatic heterocycles. The van der Waals surface area contributed by atoms with E-state index in [-0.39, 0.29) is 5.91 Å². The maximum absolute atomic E-state index is 11.5. The number of benzene rings is 1. The van der Waals surface area contributed by atoms with Crippen molar-refractivity contribution in [3.8, 4) is 0 Å². The zero-order valence-electron chi connectivity index (χ0n) is 12.0. The molecule has 0 saturated heterocycles. The Hall–Kier alpha value is -1.10. The van der Waals surface area contributed by atoms with E-state index in [1.165, 1.54) is 5.56 Å². The standard InChI is InChI=1S/C15H23ClN2O2/c1-20-11-3-8-18-15(19)7-10-17-9-6-13-4-2-5-14(16)12-13/h2,4-5,12,17H,3,6-11H2,1H3,(H,18,19). The van der Waals surface area contributed by atoms with E-state index >= 15 is 0 Å². The Bertz CT molecular complexity index is 399. The monoisotopic (exact) mass is 298 g/mol. The van der Waals surface area contributed by atoms with Gasteiger partial charge in [0.25, 0.3) is 0 Å². The Balaban J connectivity index is 2.00. The average Bonchev–Trinajstić information content (AvgIpc) is 2.43. The Morgan fingerprint density at radius 2 is 2.15 bits per heavy atom. The van der Waals surface area contributed by atoms with Crippen LogP contribution >= 0.6 is 11.6 Å². The van der Waals surface area contributed by atoms with Crippen LogP contribution in [0.2, 0.25) is 5.02 Å². The van der Waals surface area contributed by atoms with Gasteiger partial charge in [-0.25, -0.2) is 0 Å². The Kier molecular flexibility index (Phi) is 9.04. The number of hydrogen-bond acceptors (Lipinski definition) is 3. The van der Waals surface area contributed by atoms with Gasteiger partial charge in [0, 0.05) is 38.2 Å². The topological polar surface area (TPSA) is 50.4 Å². The van der Waals surface area contributed by atoms with Crippen LogP contribution in [0, 0.1) is 0 Å². The van der Waals surface area contributed by atoms with E-state index in [0.29, 0.717) is 26.1 Å². The molecule has 0 aromatic heterocycles. The lowest BCUT2D eigenvalue weighted by molar-refractivity contribution is -0.121. The highest BCUT2D eigenvalue weighted by atomic mass is 35.5. The molecule has 0 unspecified atom stereocenters.